The van der Waals surface area contributed by atoms with E-state index in [1.165, 1.54) is 10.9 Å². The van der Waals surface area contributed by atoms with Crippen molar-refractivity contribution in [1.29, 1.82) is 0 Å². The Morgan fingerprint density at radius 1 is 1.19 bits per heavy atom. The molecular formula is C20H18Cl2N4O5S. The fraction of sp³-hybridized carbons (Fsp3) is 0.250. The first-order valence-corrected chi connectivity index (χ1v) is 11.0. The summed E-state index contributed by atoms with van der Waals surface area (Å²) in [6.45, 7) is 1.62. The lowest BCUT2D eigenvalue weighted by atomic mass is 10.2. The van der Waals surface area contributed by atoms with E-state index in [1.54, 1.807) is 37.4 Å². The molecule has 3 aromatic rings. The normalized spacial score (nSPS) is 10.6. The zero-order valence-corrected chi connectivity index (χ0v) is 19.2. The Labute approximate surface area is 197 Å². The number of anilines is 1. The van der Waals surface area contributed by atoms with Crippen molar-refractivity contribution in [2.75, 3.05) is 18.5 Å². The topological polar surface area (TPSA) is 112 Å². The standard InChI is InChI=1S/C20H18Cl2N4O5S/c1-2-30-20(29)19-15(10-16(32-19)13-4-3-12(21)9-14(13)22)24-17(27)11-31-18(28)5-7-26-8-6-23-25-26/h3-4,6,8-10H,2,5,7,11H2,1H3,(H,24,27). The summed E-state index contributed by atoms with van der Waals surface area (Å²) >= 11 is 13.3. The van der Waals surface area contributed by atoms with Crippen LogP contribution in [0.2, 0.25) is 10.0 Å². The van der Waals surface area contributed by atoms with Crippen LogP contribution in [0.4, 0.5) is 5.69 Å². The van der Waals surface area contributed by atoms with Crippen molar-refractivity contribution in [2.24, 2.45) is 0 Å². The lowest BCUT2D eigenvalue weighted by molar-refractivity contribution is -0.147. The second-order valence-corrected chi connectivity index (χ2v) is 8.22. The van der Waals surface area contributed by atoms with E-state index in [1.807, 2.05) is 0 Å². The SMILES string of the molecule is CCOC(=O)c1sc(-c2ccc(Cl)cc2Cl)cc1NC(=O)COC(=O)CCn1ccnn1. The van der Waals surface area contributed by atoms with Crippen molar-refractivity contribution in [2.45, 2.75) is 19.9 Å². The van der Waals surface area contributed by atoms with Gasteiger partial charge in [-0.1, -0.05) is 34.5 Å². The predicted octanol–water partition coefficient (Wildman–Crippen LogP) is 4.06. The summed E-state index contributed by atoms with van der Waals surface area (Å²) in [6, 6.07) is 6.58. The number of rotatable bonds is 9. The molecule has 32 heavy (non-hydrogen) atoms. The third kappa shape index (κ3) is 6.28. The second kappa shape index (κ2) is 11.1. The van der Waals surface area contributed by atoms with Crippen LogP contribution in [0.5, 0.6) is 0 Å². The first kappa shape index (κ1) is 23.7. The maximum atomic E-state index is 12.4. The van der Waals surface area contributed by atoms with Gasteiger partial charge in [0.1, 0.15) is 4.88 Å². The molecule has 2 heterocycles. The number of aromatic nitrogens is 3. The van der Waals surface area contributed by atoms with Gasteiger partial charge >= 0.3 is 11.9 Å². The van der Waals surface area contributed by atoms with Crippen LogP contribution in [0.25, 0.3) is 10.4 Å². The van der Waals surface area contributed by atoms with Gasteiger partial charge in [-0.15, -0.1) is 16.4 Å². The lowest BCUT2D eigenvalue weighted by Gasteiger charge is -2.07. The van der Waals surface area contributed by atoms with Crippen LogP contribution < -0.4 is 5.32 Å². The van der Waals surface area contributed by atoms with Gasteiger partial charge in [0.25, 0.3) is 5.91 Å². The number of nitrogens with one attached hydrogen (secondary N) is 1. The van der Waals surface area contributed by atoms with Crippen molar-refractivity contribution in [3.05, 3.63) is 51.6 Å². The number of carbonyl (C=O) groups excluding carboxylic acids is 3. The number of esters is 2. The molecule has 2 aromatic heterocycles. The molecule has 0 atom stereocenters. The lowest BCUT2D eigenvalue weighted by Crippen LogP contribution is -2.22. The van der Waals surface area contributed by atoms with Gasteiger partial charge in [-0.2, -0.15) is 0 Å². The van der Waals surface area contributed by atoms with Crippen molar-refractivity contribution in [3.8, 4) is 10.4 Å². The number of hydrogen-bond donors (Lipinski definition) is 1. The van der Waals surface area contributed by atoms with Crippen LogP contribution in [0.15, 0.2) is 36.7 Å². The van der Waals surface area contributed by atoms with E-state index >= 15 is 0 Å². The zero-order chi connectivity index (χ0) is 23.1. The fourth-order valence-electron chi connectivity index (χ4n) is 2.62. The quantitative estimate of drug-likeness (QED) is 0.444. The Hall–Kier alpha value is -2.95. The fourth-order valence-corrected chi connectivity index (χ4v) is 4.23. The third-order valence-corrected chi connectivity index (χ3v) is 5.74. The molecule has 0 aliphatic heterocycles. The molecule has 1 aromatic carbocycles. The molecule has 0 unspecified atom stereocenters. The van der Waals surface area contributed by atoms with Gasteiger partial charge in [0.15, 0.2) is 6.61 Å². The van der Waals surface area contributed by atoms with E-state index in [-0.39, 0.29) is 30.1 Å². The van der Waals surface area contributed by atoms with E-state index in [0.29, 0.717) is 20.5 Å². The number of aryl methyl sites for hydroxylation is 1. The Balaban J connectivity index is 1.68. The molecule has 0 aliphatic carbocycles. The smallest absolute Gasteiger partial charge is 0.350 e. The minimum atomic E-state index is -0.601. The minimum Gasteiger partial charge on any atom is -0.462 e. The number of benzene rings is 1. The van der Waals surface area contributed by atoms with Gasteiger partial charge in [-0.3, -0.25) is 14.3 Å². The molecule has 0 saturated heterocycles. The Kier molecular flexibility index (Phi) is 8.20. The minimum absolute atomic E-state index is 0.0301. The molecule has 1 N–H and O–H groups in total. The maximum absolute atomic E-state index is 12.4. The number of halogens is 2. The maximum Gasteiger partial charge on any atom is 0.350 e. The van der Waals surface area contributed by atoms with Crippen molar-refractivity contribution in [1.82, 2.24) is 15.0 Å². The molecular weight excluding hydrogens is 479 g/mol. The Morgan fingerprint density at radius 3 is 2.69 bits per heavy atom. The molecule has 0 radical (unpaired) electrons. The summed E-state index contributed by atoms with van der Waals surface area (Å²) in [7, 11) is 0. The highest BCUT2D eigenvalue weighted by Gasteiger charge is 2.21. The summed E-state index contributed by atoms with van der Waals surface area (Å²) < 4.78 is 11.5. The van der Waals surface area contributed by atoms with Crippen molar-refractivity contribution >= 4 is 58.1 Å². The molecule has 0 fully saturated rings. The molecule has 9 nitrogen and oxygen atoms in total. The second-order valence-electron chi connectivity index (χ2n) is 6.32. The van der Waals surface area contributed by atoms with Crippen LogP contribution >= 0.6 is 34.5 Å². The summed E-state index contributed by atoms with van der Waals surface area (Å²) in [5.41, 5.74) is 0.879. The molecule has 0 saturated carbocycles. The number of thiophene rings is 1. The largest absolute Gasteiger partial charge is 0.462 e. The van der Waals surface area contributed by atoms with Crippen LogP contribution in [-0.4, -0.2) is 46.1 Å². The molecule has 1 amide bonds. The summed E-state index contributed by atoms with van der Waals surface area (Å²) in [5, 5.41) is 10.8. The van der Waals surface area contributed by atoms with Gasteiger partial charge in [0.2, 0.25) is 0 Å². The summed E-state index contributed by atoms with van der Waals surface area (Å²) in [4.78, 5) is 37.4. The van der Waals surface area contributed by atoms with Gasteiger partial charge < -0.3 is 14.8 Å². The Morgan fingerprint density at radius 2 is 2.00 bits per heavy atom. The van der Waals surface area contributed by atoms with Gasteiger partial charge in [-0.25, -0.2) is 4.79 Å². The molecule has 12 heteroatoms. The van der Waals surface area contributed by atoms with Gasteiger partial charge in [0.05, 0.1) is 36.5 Å². The van der Waals surface area contributed by atoms with Crippen molar-refractivity contribution < 1.29 is 23.9 Å². The average Bonchev–Trinajstić information content (AvgIpc) is 3.41. The van der Waals surface area contributed by atoms with Crippen LogP contribution in [0.1, 0.15) is 23.0 Å². The predicted molar refractivity (Wildman–Crippen MR) is 120 cm³/mol. The van der Waals surface area contributed by atoms with Gasteiger partial charge in [-0.05, 0) is 25.1 Å². The summed E-state index contributed by atoms with van der Waals surface area (Å²) in [6.07, 6.45) is 3.13. The average molecular weight is 497 g/mol. The van der Waals surface area contributed by atoms with E-state index in [9.17, 15) is 14.4 Å². The highest BCUT2D eigenvalue weighted by atomic mass is 35.5. The van der Waals surface area contributed by atoms with Crippen LogP contribution in [0, 0.1) is 0 Å². The molecule has 0 aliphatic rings. The van der Waals surface area contributed by atoms with E-state index < -0.39 is 24.5 Å². The molecule has 168 valence electrons. The highest BCUT2D eigenvalue weighted by Crippen LogP contribution is 2.39. The molecule has 0 spiro atoms. The van der Waals surface area contributed by atoms with E-state index in [0.717, 1.165) is 11.3 Å². The number of carbonyl (C=O) groups is 3. The van der Waals surface area contributed by atoms with E-state index in [2.05, 4.69) is 15.6 Å². The van der Waals surface area contributed by atoms with Crippen LogP contribution in [-0.2, 0) is 25.6 Å². The number of nitrogens with zero attached hydrogens (tertiary/aromatic N) is 3. The summed E-state index contributed by atoms with van der Waals surface area (Å²) in [5.74, 6) is -1.76. The van der Waals surface area contributed by atoms with E-state index in [4.69, 9.17) is 32.7 Å². The van der Waals surface area contributed by atoms with Gasteiger partial charge in [0, 0.05) is 21.7 Å². The highest BCUT2D eigenvalue weighted by molar-refractivity contribution is 7.18. The molecule has 0 bridgehead atoms. The zero-order valence-electron chi connectivity index (χ0n) is 16.8. The van der Waals surface area contributed by atoms with Crippen LogP contribution in [0.3, 0.4) is 0 Å². The number of amides is 1. The first-order chi connectivity index (χ1) is 15.4. The number of hydrogen-bond acceptors (Lipinski definition) is 8. The first-order valence-electron chi connectivity index (χ1n) is 9.43. The monoisotopic (exact) mass is 496 g/mol. The molecule has 3 rings (SSSR count). The third-order valence-electron chi connectivity index (χ3n) is 4.04. The number of ether oxygens (including phenoxy) is 2. The van der Waals surface area contributed by atoms with Crippen molar-refractivity contribution in [3.63, 3.8) is 0 Å². The Bertz CT molecular complexity index is 1120.